The number of carbonyl (C=O) groups excluding carboxylic acids is 2. The number of amides is 2. The summed E-state index contributed by atoms with van der Waals surface area (Å²) in [7, 11) is -3.65. The fourth-order valence-corrected chi connectivity index (χ4v) is 4.10. The number of hydrogen-bond acceptors (Lipinski definition) is 6. The molecule has 1 aromatic carbocycles. The van der Waals surface area contributed by atoms with Gasteiger partial charge in [0.15, 0.2) is 5.13 Å². The van der Waals surface area contributed by atoms with E-state index in [4.69, 9.17) is 5.73 Å². The van der Waals surface area contributed by atoms with E-state index < -0.39 is 15.9 Å². The Morgan fingerprint density at radius 3 is 2.64 bits per heavy atom. The van der Waals surface area contributed by atoms with Gasteiger partial charge in [0, 0.05) is 30.1 Å². The Balaban J connectivity index is 1.53. The molecule has 11 heteroatoms. The summed E-state index contributed by atoms with van der Waals surface area (Å²) in [6.07, 6.45) is 1.55. The highest BCUT2D eigenvalue weighted by Gasteiger charge is 2.14. The van der Waals surface area contributed by atoms with E-state index in [9.17, 15) is 18.0 Å². The number of H-pyrrole nitrogens is 1. The zero-order valence-electron chi connectivity index (χ0n) is 14.5. The minimum atomic E-state index is -3.65. The lowest BCUT2D eigenvalue weighted by Crippen LogP contribution is -2.27. The summed E-state index contributed by atoms with van der Waals surface area (Å²) in [4.78, 5) is 30.3. The van der Waals surface area contributed by atoms with Crippen LogP contribution in [0.2, 0.25) is 0 Å². The Labute approximate surface area is 165 Å². The third-order valence-corrected chi connectivity index (χ3v) is 5.93. The normalized spacial score (nSPS) is 11.3. The molecule has 3 aromatic rings. The molecule has 0 aliphatic heterocycles. The van der Waals surface area contributed by atoms with Crippen LogP contribution in [-0.2, 0) is 14.8 Å². The van der Waals surface area contributed by atoms with Gasteiger partial charge in [-0.1, -0.05) is 18.2 Å². The third-order valence-electron chi connectivity index (χ3n) is 3.69. The number of carbonyl (C=O) groups is 2. The van der Waals surface area contributed by atoms with Crippen molar-refractivity contribution in [1.29, 1.82) is 0 Å². The molecule has 2 amide bonds. The minimum Gasteiger partial charge on any atom is -0.364 e. The van der Waals surface area contributed by atoms with Gasteiger partial charge in [0.2, 0.25) is 15.9 Å². The number of anilines is 1. The molecule has 2 heterocycles. The van der Waals surface area contributed by atoms with E-state index in [1.54, 1.807) is 35.8 Å². The molecule has 0 aliphatic carbocycles. The lowest BCUT2D eigenvalue weighted by Gasteiger charge is -2.06. The first-order valence-electron chi connectivity index (χ1n) is 8.14. The molecule has 0 spiro atoms. The molecule has 0 fully saturated rings. The van der Waals surface area contributed by atoms with Crippen molar-refractivity contribution in [3.05, 3.63) is 53.7 Å². The Bertz CT molecular complexity index is 1090. The van der Waals surface area contributed by atoms with Crippen molar-refractivity contribution in [3.8, 4) is 11.3 Å². The maximum absolute atomic E-state index is 12.1. The van der Waals surface area contributed by atoms with Crippen LogP contribution in [0.5, 0.6) is 0 Å². The van der Waals surface area contributed by atoms with Crippen LogP contribution in [0.15, 0.2) is 52.9 Å². The summed E-state index contributed by atoms with van der Waals surface area (Å²) in [5.74, 6) is -0.948. The highest BCUT2D eigenvalue weighted by molar-refractivity contribution is 7.89. The van der Waals surface area contributed by atoms with E-state index >= 15 is 0 Å². The van der Waals surface area contributed by atoms with Crippen LogP contribution in [0.3, 0.4) is 0 Å². The molecule has 28 heavy (non-hydrogen) atoms. The summed E-state index contributed by atoms with van der Waals surface area (Å²) < 4.78 is 26.6. The first kappa shape index (κ1) is 19.7. The standard InChI is InChI=1S/C17H17N5O4S2/c18-16(24)13-8-11(9-19-13)14-10-27-17(21-14)22-15(23)6-7-20-28(25,26)12-4-2-1-3-5-12/h1-5,8-10,19-20H,6-7H2,(H2,18,24)(H,21,22,23). The predicted octanol–water partition coefficient (Wildman–Crippen LogP) is 1.54. The summed E-state index contributed by atoms with van der Waals surface area (Å²) in [5, 5.41) is 4.71. The second-order valence-electron chi connectivity index (χ2n) is 5.71. The van der Waals surface area contributed by atoms with Crippen LogP contribution < -0.4 is 15.8 Å². The number of rotatable bonds is 8. The van der Waals surface area contributed by atoms with Gasteiger partial charge < -0.3 is 16.0 Å². The van der Waals surface area contributed by atoms with Crippen molar-refractivity contribution in [3.63, 3.8) is 0 Å². The molecular weight excluding hydrogens is 402 g/mol. The van der Waals surface area contributed by atoms with E-state index in [1.807, 2.05) is 0 Å². The van der Waals surface area contributed by atoms with Crippen molar-refractivity contribution >= 4 is 38.3 Å². The summed E-state index contributed by atoms with van der Waals surface area (Å²) in [6.45, 7) is -0.0406. The molecule has 5 N–H and O–H groups in total. The summed E-state index contributed by atoms with van der Waals surface area (Å²) >= 11 is 1.21. The van der Waals surface area contributed by atoms with Gasteiger partial charge in [0.05, 0.1) is 10.6 Å². The van der Waals surface area contributed by atoms with Gasteiger partial charge in [0.25, 0.3) is 5.91 Å². The lowest BCUT2D eigenvalue weighted by atomic mass is 10.2. The fourth-order valence-electron chi connectivity index (χ4n) is 2.31. The Morgan fingerprint density at radius 2 is 1.96 bits per heavy atom. The summed E-state index contributed by atoms with van der Waals surface area (Å²) in [6, 6.07) is 9.49. The number of primary amides is 1. The van der Waals surface area contributed by atoms with Gasteiger partial charge in [-0.3, -0.25) is 9.59 Å². The minimum absolute atomic E-state index is 0.0406. The van der Waals surface area contributed by atoms with E-state index in [0.717, 1.165) is 0 Å². The zero-order valence-corrected chi connectivity index (χ0v) is 16.1. The van der Waals surface area contributed by atoms with Crippen molar-refractivity contribution in [2.75, 3.05) is 11.9 Å². The molecule has 0 radical (unpaired) electrons. The van der Waals surface area contributed by atoms with Gasteiger partial charge in [-0.25, -0.2) is 18.1 Å². The van der Waals surface area contributed by atoms with Crippen LogP contribution in [-0.4, -0.2) is 36.7 Å². The number of aromatic nitrogens is 2. The number of benzene rings is 1. The van der Waals surface area contributed by atoms with Crippen LogP contribution in [0.1, 0.15) is 16.9 Å². The Hall–Kier alpha value is -3.02. The maximum Gasteiger partial charge on any atom is 0.265 e. The Morgan fingerprint density at radius 1 is 1.21 bits per heavy atom. The second kappa shape index (κ2) is 8.33. The molecule has 0 saturated carbocycles. The molecule has 0 atom stereocenters. The van der Waals surface area contributed by atoms with E-state index in [2.05, 4.69) is 20.0 Å². The smallest absolute Gasteiger partial charge is 0.265 e. The molecular formula is C17H17N5O4S2. The van der Waals surface area contributed by atoms with Crippen LogP contribution in [0, 0.1) is 0 Å². The largest absolute Gasteiger partial charge is 0.364 e. The van der Waals surface area contributed by atoms with Gasteiger partial charge in [-0.15, -0.1) is 11.3 Å². The number of nitrogens with one attached hydrogen (secondary N) is 3. The molecule has 9 nitrogen and oxygen atoms in total. The third kappa shape index (κ3) is 4.82. The number of thiazole rings is 1. The lowest BCUT2D eigenvalue weighted by molar-refractivity contribution is -0.116. The molecule has 146 valence electrons. The topological polar surface area (TPSA) is 147 Å². The zero-order chi connectivity index (χ0) is 20.1. The first-order valence-corrected chi connectivity index (χ1v) is 10.5. The SMILES string of the molecule is NC(=O)c1cc(-c2csc(NC(=O)CCNS(=O)(=O)c3ccccc3)n2)c[nH]1. The number of hydrogen-bond donors (Lipinski definition) is 4. The average Bonchev–Trinajstić information content (AvgIpc) is 3.31. The number of sulfonamides is 1. The van der Waals surface area contributed by atoms with Gasteiger partial charge >= 0.3 is 0 Å². The molecule has 2 aromatic heterocycles. The number of nitrogens with two attached hydrogens (primary N) is 1. The highest BCUT2D eigenvalue weighted by Crippen LogP contribution is 2.25. The second-order valence-corrected chi connectivity index (χ2v) is 8.34. The molecule has 0 saturated heterocycles. The van der Waals surface area contributed by atoms with E-state index in [0.29, 0.717) is 16.4 Å². The molecule has 0 unspecified atom stereocenters. The van der Waals surface area contributed by atoms with E-state index in [-0.39, 0.29) is 29.5 Å². The predicted molar refractivity (Wildman–Crippen MR) is 105 cm³/mol. The number of aromatic amines is 1. The van der Waals surface area contributed by atoms with Gasteiger partial charge in [-0.2, -0.15) is 0 Å². The summed E-state index contributed by atoms with van der Waals surface area (Å²) in [5.41, 5.74) is 6.71. The fraction of sp³-hybridized carbons (Fsp3) is 0.118. The molecule has 0 aliphatic rings. The quantitative estimate of drug-likeness (QED) is 0.437. The van der Waals surface area contributed by atoms with Crippen LogP contribution in [0.4, 0.5) is 5.13 Å². The van der Waals surface area contributed by atoms with Crippen molar-refractivity contribution in [2.45, 2.75) is 11.3 Å². The van der Waals surface area contributed by atoms with Crippen LogP contribution in [0.25, 0.3) is 11.3 Å². The van der Waals surface area contributed by atoms with Crippen molar-refractivity contribution in [2.24, 2.45) is 5.73 Å². The van der Waals surface area contributed by atoms with E-state index in [1.165, 1.54) is 23.5 Å². The van der Waals surface area contributed by atoms with Crippen LogP contribution >= 0.6 is 11.3 Å². The monoisotopic (exact) mass is 419 g/mol. The molecule has 0 bridgehead atoms. The van der Waals surface area contributed by atoms with Gasteiger partial charge in [0.1, 0.15) is 5.69 Å². The maximum atomic E-state index is 12.1. The molecule has 3 rings (SSSR count). The van der Waals surface area contributed by atoms with Crippen molar-refractivity contribution in [1.82, 2.24) is 14.7 Å². The van der Waals surface area contributed by atoms with Crippen molar-refractivity contribution < 1.29 is 18.0 Å². The Kier molecular flexibility index (Phi) is 5.87. The average molecular weight is 419 g/mol. The number of nitrogens with zero attached hydrogens (tertiary/aromatic N) is 1. The first-order chi connectivity index (χ1) is 13.3. The highest BCUT2D eigenvalue weighted by atomic mass is 32.2. The van der Waals surface area contributed by atoms with Gasteiger partial charge in [-0.05, 0) is 18.2 Å².